The highest BCUT2D eigenvalue weighted by Crippen LogP contribution is 2.29. The lowest BCUT2D eigenvalue weighted by Crippen LogP contribution is -2.37. The Kier molecular flexibility index (Phi) is 6.73. The maximum Gasteiger partial charge on any atom is 0.327 e. The molecule has 11 nitrogen and oxygen atoms in total. The summed E-state index contributed by atoms with van der Waals surface area (Å²) in [6, 6.07) is 7.02. The summed E-state index contributed by atoms with van der Waals surface area (Å²) < 4.78 is 11.4. The Morgan fingerprint density at radius 3 is 2.59 bits per heavy atom. The van der Waals surface area contributed by atoms with Gasteiger partial charge in [0.15, 0.2) is 11.0 Å². The number of anilines is 2. The number of ether oxygens (including phenoxy) is 2. The first-order valence-electron chi connectivity index (χ1n) is 10.0. The number of morpholine rings is 1. The molecule has 0 bridgehead atoms. The van der Waals surface area contributed by atoms with Gasteiger partial charge in [0.05, 0.1) is 24.3 Å². The van der Waals surface area contributed by atoms with E-state index in [1.807, 2.05) is 4.90 Å². The molecule has 0 aliphatic carbocycles. The maximum atomic E-state index is 12.1. The van der Waals surface area contributed by atoms with E-state index in [4.69, 9.17) is 9.47 Å². The predicted molar refractivity (Wildman–Crippen MR) is 121 cm³/mol. The highest BCUT2D eigenvalue weighted by Gasteiger charge is 2.19. The molecule has 1 aromatic carbocycles. The quantitative estimate of drug-likeness (QED) is 0.510. The molecule has 1 amide bonds. The molecule has 1 saturated heterocycles. The molecule has 1 aliphatic heterocycles. The number of nitrogens with one attached hydrogen (secondary N) is 2. The molecule has 3 aromatic rings. The molecule has 0 spiro atoms. The van der Waals surface area contributed by atoms with Gasteiger partial charge in [-0.15, -0.1) is 0 Å². The number of aromatic nitrogens is 4. The van der Waals surface area contributed by atoms with Crippen LogP contribution in [0.1, 0.15) is 10.4 Å². The molecule has 3 heterocycles. The molecule has 0 unspecified atom stereocenters. The van der Waals surface area contributed by atoms with Crippen LogP contribution in [0, 0.1) is 0 Å². The normalized spacial score (nSPS) is 13.7. The zero-order valence-corrected chi connectivity index (χ0v) is 18.8. The fourth-order valence-corrected chi connectivity index (χ4v) is 3.73. The minimum atomic E-state index is -0.0789. The van der Waals surface area contributed by atoms with E-state index in [1.54, 1.807) is 51.6 Å². The largest absolute Gasteiger partial charge is 0.424 e. The lowest BCUT2D eigenvalue weighted by Gasteiger charge is -2.26. The van der Waals surface area contributed by atoms with Crippen molar-refractivity contribution in [2.45, 2.75) is 0 Å². The number of thiazole rings is 1. The first-order chi connectivity index (χ1) is 15.5. The summed E-state index contributed by atoms with van der Waals surface area (Å²) in [6.07, 6.45) is 1.70. The van der Waals surface area contributed by atoms with Crippen LogP contribution in [0.4, 0.5) is 11.1 Å². The molecule has 12 heteroatoms. The minimum absolute atomic E-state index is 0.0789. The van der Waals surface area contributed by atoms with Crippen molar-refractivity contribution in [3.05, 3.63) is 36.0 Å². The smallest absolute Gasteiger partial charge is 0.327 e. The molecule has 1 aliphatic rings. The molecule has 32 heavy (non-hydrogen) atoms. The second-order valence-corrected chi connectivity index (χ2v) is 8.10. The molecule has 0 saturated carbocycles. The van der Waals surface area contributed by atoms with E-state index >= 15 is 0 Å². The van der Waals surface area contributed by atoms with Gasteiger partial charge in [0.2, 0.25) is 5.95 Å². The number of carbonyl (C=O) groups is 1. The molecule has 4 rings (SSSR count). The topological polar surface area (TPSA) is 118 Å². The summed E-state index contributed by atoms with van der Waals surface area (Å²) in [5.74, 6) is 1.43. The number of carbonyl (C=O) groups excluding carboxylic acids is 1. The van der Waals surface area contributed by atoms with E-state index < -0.39 is 0 Å². The van der Waals surface area contributed by atoms with Crippen LogP contribution in [0.3, 0.4) is 0 Å². The lowest BCUT2D eigenvalue weighted by molar-refractivity contribution is 0.0827. The third-order valence-corrected chi connectivity index (χ3v) is 5.48. The fraction of sp³-hybridized carbons (Fsp3) is 0.350. The van der Waals surface area contributed by atoms with Crippen molar-refractivity contribution in [3.8, 4) is 22.5 Å². The van der Waals surface area contributed by atoms with E-state index in [0.29, 0.717) is 54.5 Å². The molecule has 2 N–H and O–H groups in total. The van der Waals surface area contributed by atoms with Gasteiger partial charge < -0.3 is 19.3 Å². The number of benzene rings is 1. The van der Waals surface area contributed by atoms with Gasteiger partial charge in [-0.05, 0) is 24.3 Å². The van der Waals surface area contributed by atoms with Gasteiger partial charge in [0.25, 0.3) is 5.91 Å². The standard InChI is InChI=1S/C20H24N8O3S/c1-21-26-20-22-12-15(32-20)16-23-18(28-8-10-30-11-9-28)25-19(24-16)31-14-6-4-13(5-7-14)17(29)27(2)3/h4-7,12,21H,8-11H2,1-3H3,(H,22,26). The van der Waals surface area contributed by atoms with Crippen molar-refractivity contribution in [2.24, 2.45) is 0 Å². The van der Waals surface area contributed by atoms with E-state index in [2.05, 4.69) is 30.8 Å². The Labute approximate surface area is 189 Å². The molecule has 2 aromatic heterocycles. The van der Waals surface area contributed by atoms with Crippen molar-refractivity contribution in [2.75, 3.05) is 57.8 Å². The Balaban J connectivity index is 1.63. The first-order valence-corrected chi connectivity index (χ1v) is 10.8. The summed E-state index contributed by atoms with van der Waals surface area (Å²) in [4.78, 5) is 34.4. The van der Waals surface area contributed by atoms with E-state index in [-0.39, 0.29) is 11.9 Å². The van der Waals surface area contributed by atoms with Crippen LogP contribution < -0.4 is 20.5 Å². The summed E-state index contributed by atoms with van der Waals surface area (Å²) in [6.45, 7) is 2.57. The second-order valence-electron chi connectivity index (χ2n) is 7.07. The third kappa shape index (κ3) is 5.10. The number of hydrogen-bond acceptors (Lipinski definition) is 11. The molecule has 168 valence electrons. The number of amides is 1. The van der Waals surface area contributed by atoms with Crippen LogP contribution >= 0.6 is 11.3 Å². The molecular weight excluding hydrogens is 432 g/mol. The maximum absolute atomic E-state index is 12.1. The van der Waals surface area contributed by atoms with Crippen molar-refractivity contribution in [1.29, 1.82) is 0 Å². The zero-order chi connectivity index (χ0) is 22.5. The van der Waals surface area contributed by atoms with Crippen molar-refractivity contribution in [3.63, 3.8) is 0 Å². The van der Waals surface area contributed by atoms with Crippen LogP contribution in [-0.4, -0.2) is 78.2 Å². The van der Waals surface area contributed by atoms with E-state index in [1.165, 1.54) is 16.2 Å². The Morgan fingerprint density at radius 1 is 1.16 bits per heavy atom. The van der Waals surface area contributed by atoms with Crippen molar-refractivity contribution < 1.29 is 14.3 Å². The molecular formula is C20H24N8O3S. The van der Waals surface area contributed by atoms with Crippen LogP contribution in [0.5, 0.6) is 11.8 Å². The number of nitrogens with zero attached hydrogens (tertiary/aromatic N) is 6. The summed E-state index contributed by atoms with van der Waals surface area (Å²) in [7, 11) is 5.19. The van der Waals surface area contributed by atoms with Gasteiger partial charge in [-0.25, -0.2) is 10.4 Å². The van der Waals surface area contributed by atoms with Crippen LogP contribution in [0.15, 0.2) is 30.5 Å². The predicted octanol–water partition coefficient (Wildman–Crippen LogP) is 1.87. The SMILES string of the molecule is CNNc1ncc(-c2nc(Oc3ccc(C(=O)N(C)C)cc3)nc(N3CCOCC3)n2)s1. The van der Waals surface area contributed by atoms with Crippen molar-refractivity contribution in [1.82, 2.24) is 30.3 Å². The number of hydrogen-bond donors (Lipinski definition) is 2. The first kappa shape index (κ1) is 21.9. The van der Waals surface area contributed by atoms with Crippen LogP contribution in [0.25, 0.3) is 10.7 Å². The van der Waals surface area contributed by atoms with Gasteiger partial charge in [-0.2, -0.15) is 15.0 Å². The highest BCUT2D eigenvalue weighted by atomic mass is 32.1. The Morgan fingerprint density at radius 2 is 1.91 bits per heavy atom. The van der Waals surface area contributed by atoms with Gasteiger partial charge in [0.1, 0.15) is 5.75 Å². The number of hydrazine groups is 1. The Bertz CT molecular complexity index is 1070. The average Bonchev–Trinajstić information content (AvgIpc) is 3.28. The fourth-order valence-electron chi connectivity index (χ4n) is 2.98. The molecule has 0 atom stereocenters. The second kappa shape index (κ2) is 9.85. The minimum Gasteiger partial charge on any atom is -0.424 e. The van der Waals surface area contributed by atoms with E-state index in [9.17, 15) is 4.79 Å². The third-order valence-electron chi connectivity index (χ3n) is 4.57. The lowest BCUT2D eigenvalue weighted by atomic mass is 10.2. The van der Waals surface area contributed by atoms with Crippen LogP contribution in [0.2, 0.25) is 0 Å². The summed E-state index contributed by atoms with van der Waals surface area (Å²) >= 11 is 1.41. The monoisotopic (exact) mass is 456 g/mol. The number of rotatable bonds is 7. The van der Waals surface area contributed by atoms with Gasteiger partial charge in [-0.3, -0.25) is 10.2 Å². The van der Waals surface area contributed by atoms with E-state index in [0.717, 1.165) is 4.88 Å². The highest BCUT2D eigenvalue weighted by molar-refractivity contribution is 7.18. The zero-order valence-electron chi connectivity index (χ0n) is 18.0. The van der Waals surface area contributed by atoms with Crippen molar-refractivity contribution >= 4 is 28.3 Å². The van der Waals surface area contributed by atoms with Gasteiger partial charge in [0, 0.05) is 39.8 Å². The average molecular weight is 457 g/mol. The summed E-state index contributed by atoms with van der Waals surface area (Å²) in [5.41, 5.74) is 6.37. The molecule has 0 radical (unpaired) electrons. The Hall–Kier alpha value is -3.35. The molecule has 1 fully saturated rings. The van der Waals surface area contributed by atoms with Gasteiger partial charge in [-0.1, -0.05) is 11.3 Å². The summed E-state index contributed by atoms with van der Waals surface area (Å²) in [5, 5.41) is 0.694. The van der Waals surface area contributed by atoms with Gasteiger partial charge >= 0.3 is 6.01 Å². The van der Waals surface area contributed by atoms with Crippen LogP contribution in [-0.2, 0) is 4.74 Å².